The van der Waals surface area contributed by atoms with Crippen LogP contribution in [-0.4, -0.2) is 21.1 Å². The zero-order chi connectivity index (χ0) is 23.9. The summed E-state index contributed by atoms with van der Waals surface area (Å²) in [7, 11) is 0. The molecule has 1 amide bonds. The number of benzene rings is 3. The van der Waals surface area contributed by atoms with Gasteiger partial charge in [0, 0.05) is 11.3 Å². The molecule has 3 aromatic carbocycles. The van der Waals surface area contributed by atoms with Crippen LogP contribution in [-0.2, 0) is 4.79 Å². The fourth-order valence-corrected chi connectivity index (χ4v) is 3.91. The maximum Gasteiger partial charge on any atom is 0.270 e. The van der Waals surface area contributed by atoms with Crippen LogP contribution in [0.4, 0.5) is 5.69 Å². The summed E-state index contributed by atoms with van der Waals surface area (Å²) in [4.78, 5) is 32.2. The third-order valence-electron chi connectivity index (χ3n) is 4.82. The molecular weight excluding hydrogens is 448 g/mol. The van der Waals surface area contributed by atoms with Gasteiger partial charge in [0.05, 0.1) is 10.9 Å². The first-order chi connectivity index (χ1) is 16.5. The lowest BCUT2D eigenvalue weighted by molar-refractivity contribution is -0.115. The number of nitrogens with zero attached hydrogens (tertiary/aromatic N) is 2. The van der Waals surface area contributed by atoms with E-state index >= 15 is 0 Å². The lowest BCUT2D eigenvalue weighted by Crippen LogP contribution is -2.23. The molecule has 1 heterocycles. The smallest absolute Gasteiger partial charge is 0.270 e. The van der Waals surface area contributed by atoms with E-state index in [1.54, 1.807) is 55.5 Å². The number of aromatic amines is 1. The highest BCUT2D eigenvalue weighted by Crippen LogP contribution is 2.26. The summed E-state index contributed by atoms with van der Waals surface area (Å²) >= 11 is 1.11. The van der Waals surface area contributed by atoms with Gasteiger partial charge in [-0.1, -0.05) is 60.3 Å². The van der Waals surface area contributed by atoms with Gasteiger partial charge in [0.15, 0.2) is 5.16 Å². The number of rotatable bonds is 7. The zero-order valence-electron chi connectivity index (χ0n) is 18.2. The van der Waals surface area contributed by atoms with Crippen molar-refractivity contribution >= 4 is 23.4 Å². The average Bonchev–Trinajstić information content (AvgIpc) is 2.86. The minimum absolute atomic E-state index is 0.0644. The van der Waals surface area contributed by atoms with Crippen LogP contribution in [0.5, 0.6) is 11.5 Å². The van der Waals surface area contributed by atoms with Crippen molar-refractivity contribution in [3.63, 3.8) is 0 Å². The standard InChI is InChI=1S/C26H20N4O3S/c1-17(24(31)28-19-12-14-21(15-13-19)33-20-10-6-3-7-11-20)34-26-29-23(18-8-4-2-5-9-18)22(16-27)25(32)30-26/h2-15,17H,1H3,(H,28,31)(H,29,30,32)/t17-/m1/s1. The predicted octanol–water partition coefficient (Wildman–Crippen LogP) is 5.22. The lowest BCUT2D eigenvalue weighted by atomic mass is 10.1. The number of carbonyl (C=O) groups is 1. The number of hydrogen-bond acceptors (Lipinski definition) is 6. The largest absolute Gasteiger partial charge is 0.457 e. The van der Waals surface area contributed by atoms with E-state index in [0.29, 0.717) is 17.0 Å². The molecule has 0 spiro atoms. The highest BCUT2D eigenvalue weighted by molar-refractivity contribution is 8.00. The normalized spacial score (nSPS) is 11.3. The second-order valence-electron chi connectivity index (χ2n) is 7.26. The zero-order valence-corrected chi connectivity index (χ0v) is 19.0. The van der Waals surface area contributed by atoms with E-state index in [0.717, 1.165) is 17.5 Å². The van der Waals surface area contributed by atoms with Crippen LogP contribution in [0.15, 0.2) is 94.9 Å². The molecule has 7 nitrogen and oxygen atoms in total. The molecule has 0 aliphatic carbocycles. The molecule has 0 saturated heterocycles. The maximum absolute atomic E-state index is 12.7. The minimum Gasteiger partial charge on any atom is -0.457 e. The van der Waals surface area contributed by atoms with Crippen LogP contribution >= 0.6 is 11.8 Å². The average molecular weight is 469 g/mol. The van der Waals surface area contributed by atoms with E-state index in [1.165, 1.54) is 0 Å². The molecule has 0 aliphatic heterocycles. The summed E-state index contributed by atoms with van der Waals surface area (Å²) < 4.78 is 5.76. The van der Waals surface area contributed by atoms with Gasteiger partial charge in [-0.15, -0.1) is 0 Å². The first-order valence-electron chi connectivity index (χ1n) is 10.4. The number of nitrogens with one attached hydrogen (secondary N) is 2. The van der Waals surface area contributed by atoms with Crippen LogP contribution in [0.2, 0.25) is 0 Å². The molecule has 168 valence electrons. The Morgan fingerprint density at radius 1 is 1.00 bits per heavy atom. The molecule has 0 aliphatic rings. The van der Waals surface area contributed by atoms with Crippen LogP contribution in [0.3, 0.4) is 0 Å². The van der Waals surface area contributed by atoms with Crippen molar-refractivity contribution < 1.29 is 9.53 Å². The molecule has 2 N–H and O–H groups in total. The van der Waals surface area contributed by atoms with Crippen LogP contribution < -0.4 is 15.6 Å². The number of nitriles is 1. The van der Waals surface area contributed by atoms with Gasteiger partial charge in [-0.2, -0.15) is 5.26 Å². The number of carbonyl (C=O) groups excluding carboxylic acids is 1. The number of amides is 1. The molecule has 8 heteroatoms. The fourth-order valence-electron chi connectivity index (χ4n) is 3.11. The summed E-state index contributed by atoms with van der Waals surface area (Å²) in [6, 6.07) is 27.4. The predicted molar refractivity (Wildman–Crippen MR) is 132 cm³/mol. The van der Waals surface area contributed by atoms with Gasteiger partial charge in [-0.25, -0.2) is 4.98 Å². The Morgan fingerprint density at radius 2 is 1.62 bits per heavy atom. The van der Waals surface area contributed by atoms with Gasteiger partial charge in [0.25, 0.3) is 5.56 Å². The number of anilines is 1. The van der Waals surface area contributed by atoms with E-state index in [1.807, 2.05) is 42.5 Å². The summed E-state index contributed by atoms with van der Waals surface area (Å²) in [5, 5.41) is 12.0. The maximum atomic E-state index is 12.7. The highest BCUT2D eigenvalue weighted by atomic mass is 32.2. The Labute approximate surface area is 200 Å². The molecule has 0 saturated carbocycles. The molecule has 1 atom stereocenters. The van der Waals surface area contributed by atoms with Crippen molar-refractivity contribution in [1.82, 2.24) is 9.97 Å². The van der Waals surface area contributed by atoms with E-state index in [9.17, 15) is 14.9 Å². The quantitative estimate of drug-likeness (QED) is 0.284. The van der Waals surface area contributed by atoms with Crippen molar-refractivity contribution in [1.29, 1.82) is 5.26 Å². The SMILES string of the molecule is C[C@@H](Sc1nc(-c2ccccc2)c(C#N)c(=O)[nH]1)C(=O)Nc1ccc(Oc2ccccc2)cc1. The number of aromatic nitrogens is 2. The van der Waals surface area contributed by atoms with E-state index in [-0.39, 0.29) is 22.3 Å². The van der Waals surface area contributed by atoms with Crippen molar-refractivity contribution in [2.24, 2.45) is 0 Å². The highest BCUT2D eigenvalue weighted by Gasteiger charge is 2.19. The number of para-hydroxylation sites is 1. The summed E-state index contributed by atoms with van der Waals surface area (Å²) in [6.07, 6.45) is 0. The van der Waals surface area contributed by atoms with Crippen molar-refractivity contribution in [3.05, 3.63) is 101 Å². The number of H-pyrrole nitrogens is 1. The van der Waals surface area contributed by atoms with Crippen molar-refractivity contribution in [3.8, 4) is 28.8 Å². The first-order valence-corrected chi connectivity index (χ1v) is 11.3. The van der Waals surface area contributed by atoms with Gasteiger partial charge in [0.2, 0.25) is 5.91 Å². The fraction of sp³-hybridized carbons (Fsp3) is 0.0769. The molecule has 0 radical (unpaired) electrons. The molecule has 0 bridgehead atoms. The molecule has 0 unspecified atom stereocenters. The molecule has 4 rings (SSSR count). The third-order valence-corrected chi connectivity index (χ3v) is 5.80. The molecule has 0 fully saturated rings. The van der Waals surface area contributed by atoms with E-state index in [4.69, 9.17) is 4.74 Å². The second kappa shape index (κ2) is 10.5. The Hall–Kier alpha value is -4.35. The Bertz CT molecular complexity index is 1380. The molecule has 34 heavy (non-hydrogen) atoms. The van der Waals surface area contributed by atoms with Crippen molar-refractivity contribution in [2.45, 2.75) is 17.3 Å². The molecular formula is C26H20N4O3S. The number of ether oxygens (including phenoxy) is 1. The first kappa shape index (κ1) is 22.8. The van der Waals surface area contributed by atoms with Gasteiger partial charge in [-0.05, 0) is 43.3 Å². The van der Waals surface area contributed by atoms with E-state index < -0.39 is 10.8 Å². The van der Waals surface area contributed by atoms with Gasteiger partial charge in [0.1, 0.15) is 23.1 Å². The molecule has 1 aromatic heterocycles. The van der Waals surface area contributed by atoms with Crippen LogP contribution in [0.1, 0.15) is 12.5 Å². The van der Waals surface area contributed by atoms with Gasteiger partial charge in [-0.3, -0.25) is 9.59 Å². The Kier molecular flexibility index (Phi) is 7.06. The minimum atomic E-state index is -0.556. The van der Waals surface area contributed by atoms with Gasteiger partial charge < -0.3 is 15.0 Å². The Morgan fingerprint density at radius 3 is 2.26 bits per heavy atom. The second-order valence-corrected chi connectivity index (χ2v) is 8.59. The monoisotopic (exact) mass is 468 g/mol. The summed E-state index contributed by atoms with van der Waals surface area (Å²) in [5.74, 6) is 1.12. The lowest BCUT2D eigenvalue weighted by Gasteiger charge is -2.13. The third kappa shape index (κ3) is 5.52. The van der Waals surface area contributed by atoms with Crippen LogP contribution in [0, 0.1) is 11.3 Å². The Balaban J connectivity index is 1.44. The summed E-state index contributed by atoms with van der Waals surface area (Å²) in [5.41, 5.74) is 0.952. The number of hydrogen-bond donors (Lipinski definition) is 2. The van der Waals surface area contributed by atoms with E-state index in [2.05, 4.69) is 15.3 Å². The topological polar surface area (TPSA) is 108 Å². The number of thioether (sulfide) groups is 1. The van der Waals surface area contributed by atoms with Gasteiger partial charge >= 0.3 is 0 Å². The molecule has 4 aromatic rings. The van der Waals surface area contributed by atoms with Crippen molar-refractivity contribution in [2.75, 3.05) is 5.32 Å². The van der Waals surface area contributed by atoms with Crippen LogP contribution in [0.25, 0.3) is 11.3 Å². The summed E-state index contributed by atoms with van der Waals surface area (Å²) in [6.45, 7) is 1.72.